The fourth-order valence-corrected chi connectivity index (χ4v) is 3.64. The van der Waals surface area contributed by atoms with E-state index in [1.165, 1.54) is 12.8 Å². The van der Waals surface area contributed by atoms with Gasteiger partial charge in [0.05, 0.1) is 0 Å². The van der Waals surface area contributed by atoms with Gasteiger partial charge in [-0.05, 0) is 51.3 Å². The molecule has 0 radical (unpaired) electrons. The second-order valence-electron chi connectivity index (χ2n) is 8.14. The predicted molar refractivity (Wildman–Crippen MR) is 103 cm³/mol. The van der Waals surface area contributed by atoms with E-state index in [0.29, 0.717) is 30.3 Å². The van der Waals surface area contributed by atoms with Crippen molar-refractivity contribution < 1.29 is 9.32 Å². The van der Waals surface area contributed by atoms with E-state index in [0.717, 1.165) is 25.6 Å². The van der Waals surface area contributed by atoms with Crippen LogP contribution in [0.15, 0.2) is 28.9 Å². The fourth-order valence-electron chi connectivity index (χ4n) is 3.64. The fraction of sp³-hybridized carbons (Fsp3) is 0.600. The van der Waals surface area contributed by atoms with Gasteiger partial charge in [-0.3, -0.25) is 9.78 Å². The molecule has 0 saturated carbocycles. The SMILES string of the molecule is C[C@@H]1CCCN(CC(C)(C)NC(=O)CCc2nc(-c3ccccn3)no2)C1. The number of nitrogens with zero attached hydrogens (tertiary/aromatic N) is 4. The number of carbonyl (C=O) groups is 1. The van der Waals surface area contributed by atoms with Crippen molar-refractivity contribution in [3.8, 4) is 11.5 Å². The molecule has 1 aliphatic rings. The molecular weight excluding hydrogens is 342 g/mol. The van der Waals surface area contributed by atoms with Crippen LogP contribution in [0.5, 0.6) is 0 Å². The van der Waals surface area contributed by atoms with E-state index in [1.54, 1.807) is 6.20 Å². The molecule has 1 amide bonds. The van der Waals surface area contributed by atoms with E-state index < -0.39 is 0 Å². The number of carbonyl (C=O) groups excluding carboxylic acids is 1. The molecule has 0 spiro atoms. The third-order valence-electron chi connectivity index (χ3n) is 4.77. The van der Waals surface area contributed by atoms with Crippen molar-refractivity contribution in [2.75, 3.05) is 19.6 Å². The largest absolute Gasteiger partial charge is 0.350 e. The summed E-state index contributed by atoms with van der Waals surface area (Å²) in [6.45, 7) is 9.54. The molecule has 1 N–H and O–H groups in total. The van der Waals surface area contributed by atoms with Crippen molar-refractivity contribution in [3.05, 3.63) is 30.3 Å². The molecule has 3 heterocycles. The number of hydrogen-bond donors (Lipinski definition) is 1. The zero-order valence-electron chi connectivity index (χ0n) is 16.4. The first-order chi connectivity index (χ1) is 12.9. The average Bonchev–Trinajstić information content (AvgIpc) is 3.09. The maximum Gasteiger partial charge on any atom is 0.227 e. The molecule has 1 atom stereocenters. The Morgan fingerprint density at radius 2 is 2.26 bits per heavy atom. The van der Waals surface area contributed by atoms with Crippen LogP contribution in [0.2, 0.25) is 0 Å². The Morgan fingerprint density at radius 3 is 3.00 bits per heavy atom. The van der Waals surface area contributed by atoms with Crippen molar-refractivity contribution in [3.63, 3.8) is 0 Å². The lowest BCUT2D eigenvalue weighted by Crippen LogP contribution is -2.53. The monoisotopic (exact) mass is 371 g/mol. The van der Waals surface area contributed by atoms with Crippen LogP contribution in [0.25, 0.3) is 11.5 Å². The Kier molecular flexibility index (Phi) is 6.21. The molecule has 0 unspecified atom stereocenters. The average molecular weight is 371 g/mol. The summed E-state index contributed by atoms with van der Waals surface area (Å²) in [5.74, 6) is 1.64. The van der Waals surface area contributed by atoms with Crippen LogP contribution in [0.4, 0.5) is 0 Å². The number of rotatable bonds is 7. The van der Waals surface area contributed by atoms with Crippen molar-refractivity contribution in [1.82, 2.24) is 25.3 Å². The van der Waals surface area contributed by atoms with Crippen molar-refractivity contribution in [2.24, 2.45) is 5.92 Å². The van der Waals surface area contributed by atoms with Gasteiger partial charge < -0.3 is 14.7 Å². The first-order valence-electron chi connectivity index (χ1n) is 9.69. The highest BCUT2D eigenvalue weighted by atomic mass is 16.5. The van der Waals surface area contributed by atoms with Gasteiger partial charge in [-0.15, -0.1) is 0 Å². The van der Waals surface area contributed by atoms with E-state index in [4.69, 9.17) is 4.52 Å². The number of hydrogen-bond acceptors (Lipinski definition) is 6. The van der Waals surface area contributed by atoms with E-state index in [9.17, 15) is 4.79 Å². The van der Waals surface area contributed by atoms with Gasteiger partial charge in [-0.2, -0.15) is 4.98 Å². The van der Waals surface area contributed by atoms with E-state index in [1.807, 2.05) is 18.2 Å². The Bertz CT molecular complexity index is 744. The predicted octanol–water partition coefficient (Wildman–Crippen LogP) is 2.69. The van der Waals surface area contributed by atoms with Gasteiger partial charge in [-0.25, -0.2) is 0 Å². The quantitative estimate of drug-likeness (QED) is 0.806. The number of nitrogens with one attached hydrogen (secondary N) is 1. The summed E-state index contributed by atoms with van der Waals surface area (Å²) in [5.41, 5.74) is 0.399. The molecular formula is C20H29N5O2. The van der Waals surface area contributed by atoms with E-state index in [2.05, 4.69) is 46.1 Å². The molecule has 0 aromatic carbocycles. The highest BCUT2D eigenvalue weighted by molar-refractivity contribution is 5.76. The highest BCUT2D eigenvalue weighted by Gasteiger charge is 2.26. The lowest BCUT2D eigenvalue weighted by Gasteiger charge is -2.37. The minimum atomic E-state index is -0.262. The number of aryl methyl sites for hydroxylation is 1. The lowest BCUT2D eigenvalue weighted by molar-refractivity contribution is -0.123. The van der Waals surface area contributed by atoms with Gasteiger partial charge in [0.25, 0.3) is 0 Å². The summed E-state index contributed by atoms with van der Waals surface area (Å²) < 4.78 is 5.24. The Labute approximate surface area is 160 Å². The van der Waals surface area contributed by atoms with Gasteiger partial charge in [0.2, 0.25) is 17.6 Å². The molecule has 2 aromatic rings. The van der Waals surface area contributed by atoms with Gasteiger partial charge >= 0.3 is 0 Å². The van der Waals surface area contributed by atoms with Gasteiger partial charge in [0.1, 0.15) is 5.69 Å². The number of amides is 1. The topological polar surface area (TPSA) is 84.2 Å². The molecule has 27 heavy (non-hydrogen) atoms. The van der Waals surface area contributed by atoms with Gasteiger partial charge in [0.15, 0.2) is 0 Å². The minimum Gasteiger partial charge on any atom is -0.350 e. The van der Waals surface area contributed by atoms with E-state index in [-0.39, 0.29) is 11.4 Å². The summed E-state index contributed by atoms with van der Waals surface area (Å²) in [7, 11) is 0. The summed E-state index contributed by atoms with van der Waals surface area (Å²) in [6.07, 6.45) is 4.96. The third kappa shape index (κ3) is 5.85. The highest BCUT2D eigenvalue weighted by Crippen LogP contribution is 2.18. The Balaban J connectivity index is 1.47. The zero-order valence-corrected chi connectivity index (χ0v) is 16.4. The molecule has 1 saturated heterocycles. The number of pyridine rings is 1. The van der Waals surface area contributed by atoms with Crippen LogP contribution in [0.1, 0.15) is 45.9 Å². The van der Waals surface area contributed by atoms with Crippen LogP contribution in [-0.2, 0) is 11.2 Å². The third-order valence-corrected chi connectivity index (χ3v) is 4.77. The standard InChI is InChI=1S/C20H29N5O2/c1-15-7-6-12-25(13-15)14-20(2,3)23-17(26)9-10-18-22-19(24-27-18)16-8-4-5-11-21-16/h4-5,8,11,15H,6-7,9-10,12-14H2,1-3H3,(H,23,26)/t15-/m1/s1. The molecule has 7 heteroatoms. The molecule has 1 fully saturated rings. The second kappa shape index (κ2) is 8.61. The second-order valence-corrected chi connectivity index (χ2v) is 8.14. The minimum absolute atomic E-state index is 0.00245. The summed E-state index contributed by atoms with van der Waals surface area (Å²) in [5, 5.41) is 7.08. The first kappa shape index (κ1) is 19.5. The molecule has 146 valence electrons. The molecule has 3 rings (SSSR count). The van der Waals surface area contributed by atoms with Crippen LogP contribution in [0.3, 0.4) is 0 Å². The Hall–Kier alpha value is -2.28. The molecule has 0 aliphatic carbocycles. The van der Waals surface area contributed by atoms with Crippen LogP contribution < -0.4 is 5.32 Å². The van der Waals surface area contributed by atoms with Crippen molar-refractivity contribution in [2.45, 2.75) is 52.0 Å². The number of likely N-dealkylation sites (tertiary alicyclic amines) is 1. The van der Waals surface area contributed by atoms with E-state index >= 15 is 0 Å². The number of aromatic nitrogens is 3. The maximum atomic E-state index is 12.4. The summed E-state index contributed by atoms with van der Waals surface area (Å²) in [6, 6.07) is 5.53. The zero-order chi connectivity index (χ0) is 19.3. The normalized spacial score (nSPS) is 18.4. The van der Waals surface area contributed by atoms with Gasteiger partial charge in [0, 0.05) is 37.7 Å². The van der Waals surface area contributed by atoms with Crippen molar-refractivity contribution in [1.29, 1.82) is 0 Å². The first-order valence-corrected chi connectivity index (χ1v) is 9.69. The molecule has 2 aromatic heterocycles. The maximum absolute atomic E-state index is 12.4. The summed E-state index contributed by atoms with van der Waals surface area (Å²) >= 11 is 0. The van der Waals surface area contributed by atoms with Crippen molar-refractivity contribution >= 4 is 5.91 Å². The Morgan fingerprint density at radius 1 is 1.41 bits per heavy atom. The van der Waals surface area contributed by atoms with Crippen LogP contribution in [0, 0.1) is 5.92 Å². The molecule has 0 bridgehead atoms. The van der Waals surface area contributed by atoms with Crippen LogP contribution >= 0.6 is 0 Å². The molecule has 7 nitrogen and oxygen atoms in total. The number of piperidine rings is 1. The van der Waals surface area contributed by atoms with Gasteiger partial charge in [-0.1, -0.05) is 18.1 Å². The summed E-state index contributed by atoms with van der Waals surface area (Å²) in [4.78, 5) is 23.4. The molecule has 1 aliphatic heterocycles. The smallest absolute Gasteiger partial charge is 0.227 e. The van der Waals surface area contributed by atoms with Crippen LogP contribution in [-0.4, -0.2) is 51.1 Å². The lowest BCUT2D eigenvalue weighted by atomic mass is 9.97.